The minimum atomic E-state index is -0.0218. The van der Waals surface area contributed by atoms with E-state index >= 15 is 0 Å². The van der Waals surface area contributed by atoms with Gasteiger partial charge in [0.15, 0.2) is 0 Å². The van der Waals surface area contributed by atoms with Crippen LogP contribution in [0.25, 0.3) is 0 Å². The molecule has 1 saturated heterocycles. The average molecular weight is 296 g/mol. The number of rotatable bonds is 3. The highest BCUT2D eigenvalue weighted by atomic mass is 16.5. The molecule has 1 aliphatic carbocycles. The number of ether oxygens (including phenoxy) is 1. The lowest BCUT2D eigenvalue weighted by Gasteiger charge is -2.47. The molecule has 0 spiro atoms. The molecule has 4 nitrogen and oxygen atoms in total. The van der Waals surface area contributed by atoms with Crippen LogP contribution in [0.3, 0.4) is 0 Å². The molecule has 0 aromatic rings. The van der Waals surface area contributed by atoms with Crippen LogP contribution < -0.4 is 5.73 Å². The fraction of sp³-hybridized carbons (Fsp3) is 0.941. The summed E-state index contributed by atoms with van der Waals surface area (Å²) in [4.78, 5) is 14.8. The molecular weight excluding hydrogens is 264 g/mol. The Bertz CT molecular complexity index is 364. The Morgan fingerprint density at radius 2 is 2.05 bits per heavy atom. The first-order valence-electron chi connectivity index (χ1n) is 8.42. The molecular formula is C17H32N2O2. The zero-order chi connectivity index (χ0) is 15.6. The van der Waals surface area contributed by atoms with E-state index in [0.717, 1.165) is 39.0 Å². The van der Waals surface area contributed by atoms with Gasteiger partial charge in [0.1, 0.15) is 0 Å². The summed E-state index contributed by atoms with van der Waals surface area (Å²) in [6.07, 6.45) is 4.17. The summed E-state index contributed by atoms with van der Waals surface area (Å²) in [6.45, 7) is 9.10. The molecule has 4 unspecified atom stereocenters. The van der Waals surface area contributed by atoms with E-state index in [4.69, 9.17) is 10.5 Å². The van der Waals surface area contributed by atoms with E-state index in [1.54, 1.807) is 0 Å². The fourth-order valence-electron chi connectivity index (χ4n) is 3.99. The molecule has 1 amide bonds. The van der Waals surface area contributed by atoms with Crippen LogP contribution in [0.5, 0.6) is 0 Å². The molecule has 2 fully saturated rings. The Kier molecular flexibility index (Phi) is 5.31. The van der Waals surface area contributed by atoms with Crippen molar-refractivity contribution < 1.29 is 9.53 Å². The van der Waals surface area contributed by atoms with Gasteiger partial charge in [0.05, 0.1) is 6.61 Å². The Hall–Kier alpha value is -0.610. The van der Waals surface area contributed by atoms with Gasteiger partial charge in [-0.15, -0.1) is 0 Å². The molecule has 4 atom stereocenters. The van der Waals surface area contributed by atoms with Crippen molar-refractivity contribution in [2.45, 2.75) is 52.5 Å². The van der Waals surface area contributed by atoms with Gasteiger partial charge in [-0.05, 0) is 42.9 Å². The number of carbonyl (C=O) groups is 1. The van der Waals surface area contributed by atoms with Gasteiger partial charge >= 0.3 is 0 Å². The summed E-state index contributed by atoms with van der Waals surface area (Å²) < 4.78 is 5.53. The predicted molar refractivity (Wildman–Crippen MR) is 84.8 cm³/mol. The lowest BCUT2D eigenvalue weighted by molar-refractivity contribution is -0.143. The first-order chi connectivity index (χ1) is 9.84. The molecule has 0 radical (unpaired) electrons. The third-order valence-electron chi connectivity index (χ3n) is 5.96. The molecule has 122 valence electrons. The Balaban J connectivity index is 1.97. The molecule has 1 saturated carbocycles. The van der Waals surface area contributed by atoms with Crippen LogP contribution in [0.15, 0.2) is 0 Å². The zero-order valence-corrected chi connectivity index (χ0v) is 14.1. The molecule has 0 aromatic heterocycles. The number of amides is 1. The molecule has 2 rings (SSSR count). The average Bonchev–Trinajstić information content (AvgIpc) is 2.45. The maximum atomic E-state index is 12.9. The molecule has 2 N–H and O–H groups in total. The highest BCUT2D eigenvalue weighted by Gasteiger charge is 2.45. The lowest BCUT2D eigenvalue weighted by Crippen LogP contribution is -2.52. The van der Waals surface area contributed by atoms with Crippen molar-refractivity contribution in [2.24, 2.45) is 28.9 Å². The van der Waals surface area contributed by atoms with Gasteiger partial charge in [0, 0.05) is 32.2 Å². The zero-order valence-electron chi connectivity index (χ0n) is 14.1. The Morgan fingerprint density at radius 3 is 2.67 bits per heavy atom. The largest absolute Gasteiger partial charge is 0.381 e. The van der Waals surface area contributed by atoms with Gasteiger partial charge in [-0.2, -0.15) is 0 Å². The summed E-state index contributed by atoms with van der Waals surface area (Å²) in [5, 5.41) is 0. The first kappa shape index (κ1) is 16.8. The van der Waals surface area contributed by atoms with Crippen molar-refractivity contribution >= 4 is 5.91 Å². The van der Waals surface area contributed by atoms with Crippen molar-refractivity contribution in [3.63, 3.8) is 0 Å². The van der Waals surface area contributed by atoms with Crippen LogP contribution in [0.2, 0.25) is 0 Å². The molecule has 1 aliphatic heterocycles. The molecule has 21 heavy (non-hydrogen) atoms. The van der Waals surface area contributed by atoms with Crippen molar-refractivity contribution in [1.82, 2.24) is 4.90 Å². The van der Waals surface area contributed by atoms with E-state index in [1.807, 2.05) is 11.9 Å². The van der Waals surface area contributed by atoms with Crippen molar-refractivity contribution in [3.8, 4) is 0 Å². The van der Waals surface area contributed by atoms with Gasteiger partial charge in [-0.3, -0.25) is 4.79 Å². The molecule has 2 aliphatic rings. The van der Waals surface area contributed by atoms with Crippen LogP contribution in [-0.2, 0) is 9.53 Å². The number of nitrogens with zero attached hydrogens (tertiary/aromatic N) is 1. The van der Waals surface area contributed by atoms with Gasteiger partial charge in [0.25, 0.3) is 0 Å². The second-order valence-corrected chi connectivity index (χ2v) is 7.71. The van der Waals surface area contributed by atoms with Crippen LogP contribution in [0.4, 0.5) is 0 Å². The number of hydrogen-bond acceptors (Lipinski definition) is 3. The van der Waals surface area contributed by atoms with Gasteiger partial charge in [-0.1, -0.05) is 20.8 Å². The topological polar surface area (TPSA) is 55.6 Å². The highest BCUT2D eigenvalue weighted by molar-refractivity contribution is 5.79. The van der Waals surface area contributed by atoms with Gasteiger partial charge in [0.2, 0.25) is 5.91 Å². The van der Waals surface area contributed by atoms with E-state index in [2.05, 4.69) is 20.8 Å². The summed E-state index contributed by atoms with van der Waals surface area (Å²) in [5.74, 6) is 1.27. The van der Waals surface area contributed by atoms with Crippen LogP contribution >= 0.6 is 0 Å². The highest BCUT2D eigenvalue weighted by Crippen LogP contribution is 2.45. The summed E-state index contributed by atoms with van der Waals surface area (Å²) in [7, 11) is 1.95. The smallest absolute Gasteiger partial charge is 0.225 e. The maximum Gasteiger partial charge on any atom is 0.225 e. The maximum absolute atomic E-state index is 12.9. The van der Waals surface area contributed by atoms with Crippen LogP contribution in [0.1, 0.15) is 46.5 Å². The van der Waals surface area contributed by atoms with Gasteiger partial charge < -0.3 is 15.4 Å². The van der Waals surface area contributed by atoms with Crippen LogP contribution in [-0.4, -0.2) is 43.7 Å². The van der Waals surface area contributed by atoms with E-state index in [1.165, 1.54) is 6.42 Å². The third kappa shape index (κ3) is 3.59. The van der Waals surface area contributed by atoms with E-state index < -0.39 is 0 Å². The van der Waals surface area contributed by atoms with Crippen molar-refractivity contribution in [1.29, 1.82) is 0 Å². The van der Waals surface area contributed by atoms with E-state index in [-0.39, 0.29) is 17.4 Å². The SMILES string of the molecule is CC1C(N)CCC(C(=O)N(C)CC2CCCOC2)C1(C)C. The molecule has 0 bridgehead atoms. The molecule has 4 heteroatoms. The Labute approximate surface area is 129 Å². The minimum absolute atomic E-state index is 0.0218. The van der Waals surface area contributed by atoms with E-state index in [9.17, 15) is 4.79 Å². The van der Waals surface area contributed by atoms with Crippen LogP contribution in [0, 0.1) is 23.2 Å². The summed E-state index contributed by atoms with van der Waals surface area (Å²) >= 11 is 0. The standard InChI is InChI=1S/C17H32N2O2/c1-12-15(18)8-7-14(17(12,2)3)16(20)19(4)10-13-6-5-9-21-11-13/h12-15H,5-11,18H2,1-4H3. The predicted octanol–water partition coefficient (Wildman–Crippen LogP) is 2.27. The second kappa shape index (κ2) is 6.66. The normalized spacial score (nSPS) is 36.2. The fourth-order valence-corrected chi connectivity index (χ4v) is 3.99. The first-order valence-corrected chi connectivity index (χ1v) is 8.42. The molecule has 1 heterocycles. The number of hydrogen-bond donors (Lipinski definition) is 1. The van der Waals surface area contributed by atoms with Crippen molar-refractivity contribution in [2.75, 3.05) is 26.8 Å². The van der Waals surface area contributed by atoms with E-state index in [0.29, 0.717) is 17.7 Å². The van der Waals surface area contributed by atoms with Crippen molar-refractivity contribution in [3.05, 3.63) is 0 Å². The van der Waals surface area contributed by atoms with Gasteiger partial charge in [-0.25, -0.2) is 0 Å². The monoisotopic (exact) mass is 296 g/mol. The minimum Gasteiger partial charge on any atom is -0.381 e. The Morgan fingerprint density at radius 1 is 1.33 bits per heavy atom. The quantitative estimate of drug-likeness (QED) is 0.869. The number of carbonyl (C=O) groups excluding carboxylic acids is 1. The number of nitrogens with two attached hydrogens (primary N) is 1. The molecule has 0 aromatic carbocycles. The second-order valence-electron chi connectivity index (χ2n) is 7.71. The summed E-state index contributed by atoms with van der Waals surface area (Å²) in [6, 6.07) is 0.223. The summed E-state index contributed by atoms with van der Waals surface area (Å²) in [5.41, 5.74) is 6.18. The lowest BCUT2D eigenvalue weighted by atomic mass is 9.60. The third-order valence-corrected chi connectivity index (χ3v) is 5.96.